The summed E-state index contributed by atoms with van der Waals surface area (Å²) in [6.45, 7) is 3.59. The van der Waals surface area contributed by atoms with Crippen molar-refractivity contribution in [2.75, 3.05) is 33.7 Å². The largest absolute Gasteiger partial charge is 0.480 e. The molecular formula is C12H24N4O4. The second kappa shape index (κ2) is 9.13. The van der Waals surface area contributed by atoms with Gasteiger partial charge in [-0.2, -0.15) is 0 Å². The summed E-state index contributed by atoms with van der Waals surface area (Å²) in [5.74, 6) is -2.05. The maximum atomic E-state index is 12.0. The lowest BCUT2D eigenvalue weighted by Gasteiger charge is -2.25. The highest BCUT2D eigenvalue weighted by Gasteiger charge is 2.24. The van der Waals surface area contributed by atoms with Gasteiger partial charge in [0.1, 0.15) is 6.04 Å². The third-order valence-corrected chi connectivity index (χ3v) is 2.60. The number of carbonyl (C=O) groups is 3. The highest BCUT2D eigenvalue weighted by atomic mass is 16.4. The maximum absolute atomic E-state index is 12.0. The normalized spacial score (nSPS) is 12.0. The van der Waals surface area contributed by atoms with E-state index in [9.17, 15) is 14.4 Å². The molecule has 3 amide bonds. The lowest BCUT2D eigenvalue weighted by molar-refractivity contribution is -0.140. The van der Waals surface area contributed by atoms with Crippen molar-refractivity contribution >= 4 is 17.9 Å². The zero-order valence-corrected chi connectivity index (χ0v) is 12.3. The summed E-state index contributed by atoms with van der Waals surface area (Å²) >= 11 is 0. The molecule has 0 saturated heterocycles. The van der Waals surface area contributed by atoms with E-state index < -0.39 is 30.4 Å². The predicted octanol–water partition coefficient (Wildman–Crippen LogP) is -0.702. The quantitative estimate of drug-likeness (QED) is 0.519. The summed E-state index contributed by atoms with van der Waals surface area (Å²) in [5.41, 5.74) is 4.97. The van der Waals surface area contributed by atoms with Gasteiger partial charge in [-0.05, 0) is 20.5 Å². The van der Waals surface area contributed by atoms with Crippen LogP contribution in [0.4, 0.5) is 4.79 Å². The number of nitrogens with zero attached hydrogens (tertiary/aromatic N) is 2. The van der Waals surface area contributed by atoms with E-state index in [1.807, 2.05) is 25.9 Å². The van der Waals surface area contributed by atoms with Crippen LogP contribution >= 0.6 is 0 Å². The van der Waals surface area contributed by atoms with Gasteiger partial charge in [-0.3, -0.25) is 4.79 Å². The summed E-state index contributed by atoms with van der Waals surface area (Å²) in [7, 11) is 3.77. The first-order valence-electron chi connectivity index (χ1n) is 6.49. The fraction of sp³-hybridized carbons (Fsp3) is 0.750. The number of rotatable bonds is 9. The molecule has 1 unspecified atom stereocenters. The number of hydrogen-bond acceptors (Lipinski definition) is 4. The van der Waals surface area contributed by atoms with Crippen molar-refractivity contribution < 1.29 is 19.5 Å². The molecule has 116 valence electrons. The van der Waals surface area contributed by atoms with Gasteiger partial charge in [0.05, 0.1) is 6.42 Å². The highest BCUT2D eigenvalue weighted by Crippen LogP contribution is 1.98. The predicted molar refractivity (Wildman–Crippen MR) is 74.2 cm³/mol. The molecule has 4 N–H and O–H groups in total. The van der Waals surface area contributed by atoms with E-state index in [1.165, 1.54) is 4.90 Å². The van der Waals surface area contributed by atoms with Crippen LogP contribution in [-0.4, -0.2) is 72.6 Å². The van der Waals surface area contributed by atoms with Gasteiger partial charge in [0.2, 0.25) is 5.91 Å². The standard InChI is InChI=1S/C12H24N4O4/c1-4-5-16(7-6-15(2)3)12(20)14-9(11(18)19)8-10(13)17/h9H,4-8H2,1-3H3,(H2,13,17)(H,14,20)(H,18,19). The molecule has 20 heavy (non-hydrogen) atoms. The van der Waals surface area contributed by atoms with Gasteiger partial charge in [0, 0.05) is 19.6 Å². The number of nitrogens with two attached hydrogens (primary N) is 1. The smallest absolute Gasteiger partial charge is 0.326 e. The first-order valence-corrected chi connectivity index (χ1v) is 6.49. The Kier molecular flexibility index (Phi) is 8.30. The van der Waals surface area contributed by atoms with Crippen molar-refractivity contribution in [2.24, 2.45) is 5.73 Å². The van der Waals surface area contributed by atoms with Crippen LogP contribution in [0.2, 0.25) is 0 Å². The topological polar surface area (TPSA) is 116 Å². The van der Waals surface area contributed by atoms with Crippen LogP contribution in [0.5, 0.6) is 0 Å². The Morgan fingerprint density at radius 1 is 1.20 bits per heavy atom. The molecule has 0 aliphatic heterocycles. The van der Waals surface area contributed by atoms with E-state index in [0.29, 0.717) is 19.6 Å². The van der Waals surface area contributed by atoms with Crippen molar-refractivity contribution in [3.63, 3.8) is 0 Å². The molecule has 0 aliphatic carbocycles. The minimum absolute atomic E-state index is 0.422. The highest BCUT2D eigenvalue weighted by molar-refractivity contribution is 5.87. The Balaban J connectivity index is 4.61. The summed E-state index contributed by atoms with van der Waals surface area (Å²) in [6.07, 6.45) is 0.336. The van der Waals surface area contributed by atoms with Crippen LogP contribution in [0.25, 0.3) is 0 Å². The van der Waals surface area contributed by atoms with Crippen LogP contribution in [0.3, 0.4) is 0 Å². The van der Waals surface area contributed by atoms with Gasteiger partial charge in [-0.15, -0.1) is 0 Å². The van der Waals surface area contributed by atoms with E-state index >= 15 is 0 Å². The minimum Gasteiger partial charge on any atom is -0.480 e. The second-order valence-corrected chi connectivity index (χ2v) is 4.80. The molecule has 0 aromatic rings. The molecule has 8 nitrogen and oxygen atoms in total. The Labute approximate surface area is 118 Å². The van der Waals surface area contributed by atoms with Gasteiger partial charge in [-0.25, -0.2) is 9.59 Å². The van der Waals surface area contributed by atoms with Crippen LogP contribution < -0.4 is 11.1 Å². The lowest BCUT2D eigenvalue weighted by Crippen LogP contribution is -2.50. The SMILES string of the molecule is CCCN(CCN(C)C)C(=O)NC(CC(N)=O)C(=O)O. The lowest BCUT2D eigenvalue weighted by atomic mass is 10.2. The van der Waals surface area contributed by atoms with Crippen molar-refractivity contribution in [2.45, 2.75) is 25.8 Å². The van der Waals surface area contributed by atoms with E-state index in [2.05, 4.69) is 5.32 Å². The first-order chi connectivity index (χ1) is 9.27. The second-order valence-electron chi connectivity index (χ2n) is 4.80. The number of nitrogens with one attached hydrogen (secondary N) is 1. The van der Waals surface area contributed by atoms with Crippen LogP contribution in [0.1, 0.15) is 19.8 Å². The molecule has 0 saturated carbocycles. The van der Waals surface area contributed by atoms with Gasteiger partial charge in [-0.1, -0.05) is 6.92 Å². The molecule has 0 aliphatic rings. The summed E-state index contributed by atoms with van der Waals surface area (Å²) < 4.78 is 0. The van der Waals surface area contributed by atoms with Crippen molar-refractivity contribution in [1.82, 2.24) is 15.1 Å². The van der Waals surface area contributed by atoms with Crippen molar-refractivity contribution in [1.29, 1.82) is 0 Å². The maximum Gasteiger partial charge on any atom is 0.326 e. The molecule has 8 heteroatoms. The van der Waals surface area contributed by atoms with Gasteiger partial charge >= 0.3 is 12.0 Å². The fourth-order valence-corrected chi connectivity index (χ4v) is 1.55. The number of hydrogen-bond donors (Lipinski definition) is 3. The van der Waals surface area contributed by atoms with Crippen LogP contribution in [0, 0.1) is 0 Å². The molecule has 0 heterocycles. The molecule has 0 fully saturated rings. The zero-order valence-electron chi connectivity index (χ0n) is 12.3. The molecular weight excluding hydrogens is 264 g/mol. The first kappa shape index (κ1) is 18.2. The number of likely N-dealkylation sites (N-methyl/N-ethyl adjacent to an activating group) is 1. The van der Waals surface area contributed by atoms with Crippen LogP contribution in [0.15, 0.2) is 0 Å². The Hall–Kier alpha value is -1.83. The third-order valence-electron chi connectivity index (χ3n) is 2.60. The third kappa shape index (κ3) is 7.57. The Morgan fingerprint density at radius 3 is 2.20 bits per heavy atom. The van der Waals surface area contributed by atoms with E-state index in [-0.39, 0.29) is 0 Å². The fourth-order valence-electron chi connectivity index (χ4n) is 1.55. The van der Waals surface area contributed by atoms with E-state index in [0.717, 1.165) is 6.42 Å². The average molecular weight is 288 g/mol. The zero-order chi connectivity index (χ0) is 15.7. The van der Waals surface area contributed by atoms with Gasteiger partial charge in [0.15, 0.2) is 0 Å². The number of carbonyl (C=O) groups excluding carboxylic acids is 2. The molecule has 1 atom stereocenters. The monoisotopic (exact) mass is 288 g/mol. The molecule has 0 aromatic heterocycles. The van der Waals surface area contributed by atoms with E-state index in [1.54, 1.807) is 0 Å². The molecule has 0 aromatic carbocycles. The summed E-state index contributed by atoms with van der Waals surface area (Å²) in [6, 6.07) is -1.79. The molecule has 0 rings (SSSR count). The number of aliphatic carboxylic acids is 1. The van der Waals surface area contributed by atoms with Crippen molar-refractivity contribution in [3.8, 4) is 0 Å². The minimum atomic E-state index is -1.29. The number of carboxylic acids is 1. The number of primary amides is 1. The summed E-state index contributed by atoms with van der Waals surface area (Å²) in [4.78, 5) is 37.2. The van der Waals surface area contributed by atoms with E-state index in [4.69, 9.17) is 10.8 Å². The number of carboxylic acid groups (broad SMARTS) is 1. The van der Waals surface area contributed by atoms with Crippen molar-refractivity contribution in [3.05, 3.63) is 0 Å². The molecule has 0 spiro atoms. The molecule has 0 radical (unpaired) electrons. The summed E-state index contributed by atoms with van der Waals surface area (Å²) in [5, 5.41) is 11.3. The molecule has 0 bridgehead atoms. The van der Waals surface area contributed by atoms with Gasteiger partial charge < -0.3 is 26.0 Å². The van der Waals surface area contributed by atoms with Crippen LogP contribution in [-0.2, 0) is 9.59 Å². The number of amides is 3. The Morgan fingerprint density at radius 2 is 1.80 bits per heavy atom. The van der Waals surface area contributed by atoms with Gasteiger partial charge in [0.25, 0.3) is 0 Å². The Bertz CT molecular complexity index is 346. The average Bonchev–Trinajstić information content (AvgIpc) is 2.32. The number of urea groups is 1.